The zero-order chi connectivity index (χ0) is 23.1. The zero-order valence-corrected chi connectivity index (χ0v) is 19.1. The minimum Gasteiger partial charge on any atom is -0.381 e. The fourth-order valence-electron chi connectivity index (χ4n) is 5.36. The summed E-state index contributed by atoms with van der Waals surface area (Å²) in [4.78, 5) is 26.9. The molecule has 0 aromatic heterocycles. The van der Waals surface area contributed by atoms with Gasteiger partial charge in [-0.3, -0.25) is 9.59 Å². The fraction of sp³-hybridized carbons (Fsp3) is 0.600. The highest BCUT2D eigenvalue weighted by atomic mass is 19.1. The topological polar surface area (TPSA) is 79.9 Å². The van der Waals surface area contributed by atoms with Gasteiger partial charge in [-0.2, -0.15) is 0 Å². The van der Waals surface area contributed by atoms with E-state index in [9.17, 15) is 9.59 Å². The van der Waals surface area contributed by atoms with E-state index in [1.165, 1.54) is 4.90 Å². The van der Waals surface area contributed by atoms with E-state index in [0.29, 0.717) is 60.2 Å². The van der Waals surface area contributed by atoms with Gasteiger partial charge in [0, 0.05) is 47.9 Å². The highest BCUT2D eigenvalue weighted by molar-refractivity contribution is 6.01. The van der Waals surface area contributed by atoms with Crippen molar-refractivity contribution in [1.82, 2.24) is 15.5 Å². The Bertz CT molecular complexity index is 963. The maximum atomic E-state index is 15.6. The number of benzene rings is 1. The number of hydrogen-bond acceptors (Lipinski definition) is 5. The Balaban J connectivity index is 1.30. The minimum absolute atomic E-state index is 0.115. The van der Waals surface area contributed by atoms with Crippen molar-refractivity contribution in [2.75, 3.05) is 19.8 Å². The molecule has 2 N–H and O–H groups in total. The molecule has 2 unspecified atom stereocenters. The number of piperidine rings is 1. The lowest BCUT2D eigenvalue weighted by Crippen LogP contribution is -2.54. The summed E-state index contributed by atoms with van der Waals surface area (Å²) < 4.78 is 27.0. The van der Waals surface area contributed by atoms with Crippen LogP contribution in [-0.2, 0) is 27.2 Å². The maximum Gasteiger partial charge on any atom is 0.255 e. The smallest absolute Gasteiger partial charge is 0.255 e. The van der Waals surface area contributed by atoms with Gasteiger partial charge >= 0.3 is 0 Å². The standard InChI is InChI=1S/C25H32FN3O4/c1-14-5-8-21(24(30)27-14)29-11-19-18(25(29)31)7-6-16(23(19)26)10-22-20(4-3-9-33-22)28-15(2)17-12-32-13-17/h6-7,15,17,20-22,28H,1,3-5,8-13H2,2H3,(H,27,30)/t15?,20-,21?,22+/m0/s1. The van der Waals surface area contributed by atoms with Gasteiger partial charge in [0.25, 0.3) is 5.91 Å². The molecule has 8 heteroatoms. The van der Waals surface area contributed by atoms with Crippen LogP contribution in [0.1, 0.15) is 54.1 Å². The van der Waals surface area contributed by atoms with Crippen molar-refractivity contribution in [3.63, 3.8) is 0 Å². The average molecular weight is 458 g/mol. The van der Waals surface area contributed by atoms with Crippen molar-refractivity contribution in [3.05, 3.63) is 46.9 Å². The molecule has 3 fully saturated rings. The molecule has 0 spiro atoms. The van der Waals surface area contributed by atoms with Crippen LogP contribution in [0.25, 0.3) is 0 Å². The zero-order valence-electron chi connectivity index (χ0n) is 19.1. The number of allylic oxidation sites excluding steroid dienone is 1. The Labute approximate surface area is 193 Å². The van der Waals surface area contributed by atoms with Crippen LogP contribution in [0.2, 0.25) is 0 Å². The molecule has 4 atom stereocenters. The van der Waals surface area contributed by atoms with Crippen LogP contribution in [0.15, 0.2) is 24.4 Å². The summed E-state index contributed by atoms with van der Waals surface area (Å²) in [5, 5.41) is 6.41. The maximum absolute atomic E-state index is 15.6. The van der Waals surface area contributed by atoms with E-state index in [2.05, 4.69) is 24.1 Å². The molecule has 0 saturated carbocycles. The third-order valence-corrected chi connectivity index (χ3v) is 7.55. The number of nitrogens with one attached hydrogen (secondary N) is 2. The average Bonchev–Trinajstić information content (AvgIpc) is 3.07. The van der Waals surface area contributed by atoms with E-state index in [0.717, 1.165) is 26.1 Å². The van der Waals surface area contributed by atoms with E-state index < -0.39 is 6.04 Å². The first-order valence-electron chi connectivity index (χ1n) is 12.0. The number of hydrogen-bond donors (Lipinski definition) is 2. The molecule has 0 aliphatic carbocycles. The van der Waals surface area contributed by atoms with E-state index in [4.69, 9.17) is 9.47 Å². The molecular weight excluding hydrogens is 425 g/mol. The lowest BCUT2D eigenvalue weighted by molar-refractivity contribution is -0.126. The van der Waals surface area contributed by atoms with Crippen LogP contribution in [0, 0.1) is 11.7 Å². The van der Waals surface area contributed by atoms with Gasteiger partial charge in [-0.05, 0) is 44.2 Å². The van der Waals surface area contributed by atoms with Crippen molar-refractivity contribution in [2.45, 2.75) is 69.8 Å². The second kappa shape index (κ2) is 9.16. The molecule has 1 aromatic carbocycles. The SMILES string of the molecule is C=C1CCC(N2Cc3c(ccc(C[C@H]4OCCC[C@@H]4NC(C)C4COC4)c3F)C2=O)C(=O)N1. The molecule has 7 nitrogen and oxygen atoms in total. The molecule has 33 heavy (non-hydrogen) atoms. The van der Waals surface area contributed by atoms with Crippen LogP contribution in [0.3, 0.4) is 0 Å². The van der Waals surface area contributed by atoms with Crippen LogP contribution in [0.5, 0.6) is 0 Å². The Kier molecular flexibility index (Phi) is 6.24. The van der Waals surface area contributed by atoms with E-state index in [1.807, 2.05) is 0 Å². The van der Waals surface area contributed by atoms with Gasteiger partial charge in [0.2, 0.25) is 5.91 Å². The summed E-state index contributed by atoms with van der Waals surface area (Å²) in [6.45, 7) is 8.31. The second-order valence-corrected chi connectivity index (χ2v) is 9.76. The molecule has 5 rings (SSSR count). The molecule has 0 radical (unpaired) electrons. The van der Waals surface area contributed by atoms with E-state index in [-0.39, 0.29) is 36.3 Å². The van der Waals surface area contributed by atoms with Crippen molar-refractivity contribution in [2.24, 2.45) is 5.92 Å². The van der Waals surface area contributed by atoms with Crippen LogP contribution in [-0.4, -0.2) is 60.8 Å². The predicted octanol–water partition coefficient (Wildman–Crippen LogP) is 2.29. The van der Waals surface area contributed by atoms with Gasteiger partial charge in [-0.15, -0.1) is 0 Å². The summed E-state index contributed by atoms with van der Waals surface area (Å²) in [6.07, 6.45) is 3.41. The number of carbonyl (C=O) groups excluding carboxylic acids is 2. The highest BCUT2D eigenvalue weighted by Crippen LogP contribution is 2.32. The quantitative estimate of drug-likeness (QED) is 0.685. The van der Waals surface area contributed by atoms with Gasteiger partial charge in [-0.1, -0.05) is 12.6 Å². The van der Waals surface area contributed by atoms with Crippen molar-refractivity contribution < 1.29 is 23.5 Å². The Morgan fingerprint density at radius 1 is 1.30 bits per heavy atom. The molecular formula is C25H32FN3O4. The monoisotopic (exact) mass is 457 g/mol. The Morgan fingerprint density at radius 3 is 2.85 bits per heavy atom. The summed E-state index contributed by atoms with van der Waals surface area (Å²) in [5.74, 6) is -0.371. The lowest BCUT2D eigenvalue weighted by atomic mass is 9.92. The minimum atomic E-state index is -0.592. The van der Waals surface area contributed by atoms with Gasteiger partial charge in [-0.25, -0.2) is 4.39 Å². The molecule has 3 saturated heterocycles. The van der Waals surface area contributed by atoms with Crippen molar-refractivity contribution in [3.8, 4) is 0 Å². The van der Waals surface area contributed by atoms with Crippen LogP contribution < -0.4 is 10.6 Å². The Hall–Kier alpha value is -2.29. The molecule has 178 valence electrons. The fourth-order valence-corrected chi connectivity index (χ4v) is 5.36. The largest absolute Gasteiger partial charge is 0.381 e. The molecule has 1 aromatic rings. The normalized spacial score (nSPS) is 29.0. The van der Waals surface area contributed by atoms with Gasteiger partial charge in [0.15, 0.2) is 0 Å². The number of amides is 2. The summed E-state index contributed by atoms with van der Waals surface area (Å²) in [7, 11) is 0. The van der Waals surface area contributed by atoms with E-state index >= 15 is 4.39 Å². The number of rotatable bonds is 6. The third kappa shape index (κ3) is 4.32. The number of fused-ring (bicyclic) bond motifs is 1. The van der Waals surface area contributed by atoms with Crippen molar-refractivity contribution >= 4 is 11.8 Å². The highest BCUT2D eigenvalue weighted by Gasteiger charge is 2.40. The molecule has 0 bridgehead atoms. The molecule has 4 aliphatic rings. The van der Waals surface area contributed by atoms with E-state index in [1.54, 1.807) is 12.1 Å². The van der Waals surface area contributed by atoms with Crippen LogP contribution in [0.4, 0.5) is 4.39 Å². The first-order chi connectivity index (χ1) is 15.9. The second-order valence-electron chi connectivity index (χ2n) is 9.76. The number of nitrogens with zero attached hydrogens (tertiary/aromatic N) is 1. The summed E-state index contributed by atoms with van der Waals surface area (Å²) in [6, 6.07) is 3.29. The molecule has 4 heterocycles. The van der Waals surface area contributed by atoms with Crippen molar-refractivity contribution in [1.29, 1.82) is 0 Å². The summed E-state index contributed by atoms with van der Waals surface area (Å²) in [5.41, 5.74) is 1.95. The van der Waals surface area contributed by atoms with Gasteiger partial charge in [0.05, 0.1) is 25.9 Å². The molecule has 4 aliphatic heterocycles. The first-order valence-corrected chi connectivity index (χ1v) is 12.0. The number of ether oxygens (including phenoxy) is 2. The first kappa shape index (κ1) is 22.5. The Morgan fingerprint density at radius 2 is 2.12 bits per heavy atom. The lowest BCUT2D eigenvalue weighted by Gasteiger charge is -2.39. The van der Waals surface area contributed by atoms with Gasteiger partial charge in [0.1, 0.15) is 11.9 Å². The van der Waals surface area contributed by atoms with Gasteiger partial charge < -0.3 is 25.0 Å². The predicted molar refractivity (Wildman–Crippen MR) is 120 cm³/mol. The molecule has 2 amide bonds. The van der Waals surface area contributed by atoms with Crippen LogP contribution >= 0.6 is 0 Å². The third-order valence-electron chi connectivity index (χ3n) is 7.55. The number of halogens is 1. The number of carbonyl (C=O) groups is 2. The summed E-state index contributed by atoms with van der Waals surface area (Å²) >= 11 is 0.